The lowest BCUT2D eigenvalue weighted by Gasteiger charge is -2.20. The van der Waals surface area contributed by atoms with E-state index in [1.807, 2.05) is 33.8 Å². The fraction of sp³-hybridized carbons (Fsp3) is 0.258. The van der Waals surface area contributed by atoms with Gasteiger partial charge in [0.2, 0.25) is 0 Å². The molecule has 0 aliphatic rings. The van der Waals surface area contributed by atoms with Gasteiger partial charge in [0, 0.05) is 44.5 Å². The molecule has 4 heteroatoms. The average Bonchev–Trinajstić information content (AvgIpc) is 3.23. The van der Waals surface area contributed by atoms with Crippen molar-refractivity contribution in [1.82, 2.24) is 0 Å². The van der Waals surface area contributed by atoms with E-state index in [0.29, 0.717) is 0 Å². The lowest BCUT2D eigenvalue weighted by molar-refractivity contribution is 1.47. The topological polar surface area (TPSA) is 0 Å². The predicted molar refractivity (Wildman–Crippen MR) is 299 cm³/mol. The molecule has 5 aromatic rings. The third-order valence-electron chi connectivity index (χ3n) is 9.90. The standard InChI is InChI=1S/C62H62Si4/c1-17-25-47-29-21-23-31-49(47)55-34-35-56(52(27-19-3)60(55)40-44-64(8,9)10)59-38-37-57(53(28-20-4)62(59)42-46-66(14,15)16)58-36-33-54(51(26-18-2)61(58)41-45-65(11,12)13)50-32-24-22-30-48(50)39-43-63(5,6)7/h21-24,29-38H,1-16H3. The van der Waals surface area contributed by atoms with Crippen LogP contribution in [0.5, 0.6) is 0 Å². The van der Waals surface area contributed by atoms with Gasteiger partial charge in [-0.25, -0.2) is 0 Å². The summed E-state index contributed by atoms with van der Waals surface area (Å²) in [5, 5.41) is 0. The first-order chi connectivity index (χ1) is 31.1. The van der Waals surface area contributed by atoms with Gasteiger partial charge in [0.1, 0.15) is 32.3 Å². The highest BCUT2D eigenvalue weighted by atomic mass is 28.3. The third kappa shape index (κ3) is 13.0. The monoisotopic (exact) mass is 918 g/mol. The molecule has 326 valence electrons. The van der Waals surface area contributed by atoms with Crippen LogP contribution in [0, 0.1) is 93.2 Å². The van der Waals surface area contributed by atoms with Crippen molar-refractivity contribution in [3.63, 3.8) is 0 Å². The molecule has 5 aromatic carbocycles. The van der Waals surface area contributed by atoms with Gasteiger partial charge in [0.15, 0.2) is 0 Å². The number of benzene rings is 5. The highest BCUT2D eigenvalue weighted by Crippen LogP contribution is 2.41. The van der Waals surface area contributed by atoms with Crippen LogP contribution in [-0.4, -0.2) is 32.3 Å². The van der Waals surface area contributed by atoms with Crippen molar-refractivity contribution in [3.05, 3.63) is 129 Å². The van der Waals surface area contributed by atoms with Gasteiger partial charge in [-0.3, -0.25) is 0 Å². The molecule has 0 N–H and O–H groups in total. The Morgan fingerprint density at radius 1 is 0.242 bits per heavy atom. The Morgan fingerprint density at radius 3 is 0.742 bits per heavy atom. The molecular weight excluding hydrogens is 857 g/mol. The summed E-state index contributed by atoms with van der Waals surface area (Å²) in [5.74, 6) is 41.8. The molecule has 0 atom stereocenters. The van der Waals surface area contributed by atoms with Gasteiger partial charge in [-0.2, -0.15) is 0 Å². The Kier molecular flexibility index (Phi) is 16.2. The summed E-state index contributed by atoms with van der Waals surface area (Å²) in [6.45, 7) is 34.9. The van der Waals surface area contributed by atoms with E-state index in [-0.39, 0.29) is 0 Å². The van der Waals surface area contributed by atoms with Crippen molar-refractivity contribution >= 4 is 32.3 Å². The summed E-state index contributed by atoms with van der Waals surface area (Å²) in [4.78, 5) is 0. The van der Waals surface area contributed by atoms with Gasteiger partial charge < -0.3 is 0 Å². The quantitative estimate of drug-likeness (QED) is 0.124. The second kappa shape index (κ2) is 21.2. The minimum atomic E-state index is -1.89. The highest BCUT2D eigenvalue weighted by molar-refractivity contribution is 6.85. The Balaban J connectivity index is 2.00. The smallest absolute Gasteiger partial charge is 0.127 e. The SMILES string of the molecule is CC#Cc1ccccc1-c1ccc(-c2ccc(-c3ccc(-c4ccccc4C#C[Si](C)(C)C)c(C#CC)c3C#C[Si](C)(C)C)c(C#CC)c2C#C[Si](C)(C)C)c(C#CC)c1C#C[Si](C)(C)C. The van der Waals surface area contributed by atoms with E-state index in [1.165, 1.54) is 0 Å². The van der Waals surface area contributed by atoms with Crippen molar-refractivity contribution in [1.29, 1.82) is 0 Å². The van der Waals surface area contributed by atoms with Crippen LogP contribution >= 0.6 is 0 Å². The normalized spacial score (nSPS) is 10.7. The second-order valence-corrected chi connectivity index (χ2v) is 39.3. The maximum atomic E-state index is 3.76. The lowest BCUT2D eigenvalue weighted by Crippen LogP contribution is -2.16. The van der Waals surface area contributed by atoms with Crippen molar-refractivity contribution in [2.24, 2.45) is 0 Å². The molecule has 5 rings (SSSR count). The molecule has 0 unspecified atom stereocenters. The van der Waals surface area contributed by atoms with Crippen molar-refractivity contribution in [2.75, 3.05) is 0 Å². The van der Waals surface area contributed by atoms with Crippen LogP contribution in [0.2, 0.25) is 78.6 Å². The first-order valence-electron chi connectivity index (χ1n) is 22.6. The molecule has 0 spiro atoms. The van der Waals surface area contributed by atoms with Gasteiger partial charge in [0.25, 0.3) is 0 Å². The van der Waals surface area contributed by atoms with E-state index in [9.17, 15) is 0 Å². The average molecular weight is 920 g/mol. The highest BCUT2D eigenvalue weighted by Gasteiger charge is 2.24. The van der Waals surface area contributed by atoms with E-state index in [4.69, 9.17) is 0 Å². The van der Waals surface area contributed by atoms with Crippen LogP contribution in [0.1, 0.15) is 72.2 Å². The molecule has 0 radical (unpaired) electrons. The van der Waals surface area contributed by atoms with Crippen LogP contribution in [0.25, 0.3) is 44.5 Å². The molecular formula is C62H62Si4. The molecule has 0 saturated heterocycles. The number of hydrogen-bond donors (Lipinski definition) is 0. The maximum Gasteiger partial charge on any atom is 0.129 e. The van der Waals surface area contributed by atoms with Gasteiger partial charge >= 0.3 is 0 Å². The fourth-order valence-electron chi connectivity index (χ4n) is 7.10. The summed E-state index contributed by atoms with van der Waals surface area (Å²) < 4.78 is 0. The molecule has 0 bridgehead atoms. The maximum absolute atomic E-state index is 3.76. The zero-order valence-electron chi connectivity index (χ0n) is 42.1. The van der Waals surface area contributed by atoms with Gasteiger partial charge in [-0.15, -0.1) is 45.9 Å². The summed E-state index contributed by atoms with van der Waals surface area (Å²) >= 11 is 0. The molecule has 0 aliphatic carbocycles. The summed E-state index contributed by atoms with van der Waals surface area (Å²) in [6, 6.07) is 30.0. The molecule has 0 aromatic heterocycles. The van der Waals surface area contributed by atoms with Gasteiger partial charge in [-0.1, -0.05) is 199 Å². The molecule has 0 amide bonds. The van der Waals surface area contributed by atoms with Gasteiger partial charge in [-0.05, 0) is 84.3 Å². The molecule has 0 nitrogen and oxygen atoms in total. The first kappa shape index (κ1) is 50.4. The Morgan fingerprint density at radius 2 is 0.470 bits per heavy atom. The Bertz CT molecular complexity index is 3250. The van der Waals surface area contributed by atoms with E-state index in [0.717, 1.165) is 89.0 Å². The third-order valence-corrected chi connectivity index (χ3v) is 13.4. The number of rotatable bonds is 4. The van der Waals surface area contributed by atoms with Gasteiger partial charge in [0.05, 0.1) is 0 Å². The largest absolute Gasteiger partial charge is 0.129 e. The van der Waals surface area contributed by atoms with Crippen LogP contribution in [-0.2, 0) is 0 Å². The van der Waals surface area contributed by atoms with Crippen LogP contribution in [0.4, 0.5) is 0 Å². The molecule has 66 heavy (non-hydrogen) atoms. The van der Waals surface area contributed by atoms with Crippen LogP contribution in [0.3, 0.4) is 0 Å². The minimum absolute atomic E-state index is 0.860. The van der Waals surface area contributed by atoms with E-state index >= 15 is 0 Å². The number of hydrogen-bond acceptors (Lipinski definition) is 0. The fourth-order valence-corrected chi connectivity index (χ4v) is 9.11. The summed E-state index contributed by atoms with van der Waals surface area (Å²) in [6.07, 6.45) is 0. The summed E-state index contributed by atoms with van der Waals surface area (Å²) in [5.41, 5.74) is 30.0. The molecule has 0 saturated carbocycles. The zero-order valence-corrected chi connectivity index (χ0v) is 46.1. The Labute approximate surface area is 403 Å². The van der Waals surface area contributed by atoms with E-state index in [1.54, 1.807) is 0 Å². The molecule has 0 heterocycles. The van der Waals surface area contributed by atoms with Crippen LogP contribution in [0.15, 0.2) is 84.9 Å². The second-order valence-electron chi connectivity index (χ2n) is 20.3. The van der Waals surface area contributed by atoms with E-state index < -0.39 is 32.3 Å². The first-order valence-corrected chi connectivity index (χ1v) is 36.6. The molecule has 0 fully saturated rings. The lowest BCUT2D eigenvalue weighted by atomic mass is 9.82. The van der Waals surface area contributed by atoms with E-state index in [2.05, 4.69) is 251 Å². The zero-order chi connectivity index (χ0) is 48.5. The molecule has 0 aliphatic heterocycles. The predicted octanol–water partition coefficient (Wildman–Crippen LogP) is 14.8. The summed E-state index contributed by atoms with van der Waals surface area (Å²) in [7, 11) is -7.22. The van der Waals surface area contributed by atoms with Crippen molar-refractivity contribution in [3.8, 4) is 138 Å². The minimum Gasteiger partial charge on any atom is -0.127 e. The van der Waals surface area contributed by atoms with Crippen molar-refractivity contribution < 1.29 is 0 Å². The van der Waals surface area contributed by atoms with Crippen molar-refractivity contribution in [2.45, 2.75) is 106 Å². The van der Waals surface area contributed by atoms with Crippen LogP contribution < -0.4 is 0 Å². The Hall–Kier alpha value is -6.55.